The first-order valence-corrected chi connectivity index (χ1v) is 17.8. The predicted molar refractivity (Wildman–Crippen MR) is 177 cm³/mol. The van der Waals surface area contributed by atoms with Crippen LogP contribution in [0, 0.1) is 46.3 Å². The summed E-state index contributed by atoms with van der Waals surface area (Å²) in [6, 6.07) is 0. The number of fused-ring (bicyclic) bond motifs is 5. The van der Waals surface area contributed by atoms with E-state index in [-0.39, 0.29) is 35.7 Å². The first-order valence-electron chi connectivity index (χ1n) is 17.8. The minimum absolute atomic E-state index is 0.00331. The Morgan fingerprint density at radius 2 is 1.41 bits per heavy atom. The van der Waals surface area contributed by atoms with Gasteiger partial charge in [0.2, 0.25) is 0 Å². The Kier molecular flexibility index (Phi) is 14.2. The Hall–Kier alpha value is -2.23. The lowest BCUT2D eigenvalue weighted by molar-refractivity contribution is -0.227. The maximum atomic E-state index is 9.63. The van der Waals surface area contributed by atoms with Gasteiger partial charge in [-0.25, -0.2) is 0 Å². The van der Waals surface area contributed by atoms with Crippen LogP contribution in [0.4, 0.5) is 0 Å². The van der Waals surface area contributed by atoms with Crippen LogP contribution in [-0.2, 0) is 14.2 Å². The fraction of sp³-hybridized carbons (Fsp3) is 1.00. The molecule has 0 aliphatic heterocycles. The third-order valence-corrected chi connectivity index (χ3v) is 12.7. The number of hydrogen-bond donors (Lipinski definition) is 1. The van der Waals surface area contributed by atoms with Crippen LogP contribution in [0.3, 0.4) is 0 Å². The van der Waals surface area contributed by atoms with Gasteiger partial charge < -0.3 is 19.3 Å². The zero-order valence-corrected chi connectivity index (χ0v) is 28.3. The highest BCUT2D eigenvalue weighted by Gasteiger charge is 2.66. The van der Waals surface area contributed by atoms with Crippen LogP contribution in [0.15, 0.2) is 15.3 Å². The summed E-state index contributed by atoms with van der Waals surface area (Å²) in [7, 11) is 0. The molecule has 1 N–H and O–H groups in total. The number of azide groups is 3. The fourth-order valence-corrected chi connectivity index (χ4v) is 10.5. The lowest BCUT2D eigenvalue weighted by atomic mass is 9.43. The minimum atomic E-state index is -0.00331. The lowest BCUT2D eigenvalue weighted by Crippen LogP contribution is -2.63. The van der Waals surface area contributed by atoms with Gasteiger partial charge in [0.1, 0.15) is 0 Å². The van der Waals surface area contributed by atoms with Gasteiger partial charge in [-0.2, -0.15) is 0 Å². The van der Waals surface area contributed by atoms with Crippen LogP contribution in [0.25, 0.3) is 31.3 Å². The van der Waals surface area contributed by atoms with Crippen LogP contribution >= 0.6 is 0 Å². The van der Waals surface area contributed by atoms with E-state index in [4.69, 9.17) is 30.8 Å². The normalized spacial score (nSPS) is 37.0. The van der Waals surface area contributed by atoms with Crippen molar-refractivity contribution in [2.45, 2.75) is 116 Å². The van der Waals surface area contributed by atoms with E-state index in [1.807, 2.05) is 0 Å². The Morgan fingerprint density at radius 1 is 0.783 bits per heavy atom. The van der Waals surface area contributed by atoms with Crippen molar-refractivity contribution in [2.24, 2.45) is 61.7 Å². The SMILES string of the molecule is C[C@H](CCCO)[C@H]1CC[C@H]2[C@@H]3[C@H](OCCCN=[N+]=[N-])C[C@@H]4C[C@@H](OCCCN=[N+]=[N-])CC[C@]4(C)[C@H]3C[C@H](OCCCN=[N+]=[N-])[C@]12C. The van der Waals surface area contributed by atoms with Gasteiger partial charge in [-0.3, -0.25) is 0 Å². The zero-order valence-electron chi connectivity index (χ0n) is 28.3. The van der Waals surface area contributed by atoms with Gasteiger partial charge in [-0.05, 0) is 135 Å². The minimum Gasteiger partial charge on any atom is -0.396 e. The summed E-state index contributed by atoms with van der Waals surface area (Å²) in [6.45, 7) is 10.8. The quantitative estimate of drug-likeness (QED) is 0.0637. The molecule has 0 amide bonds. The Balaban J connectivity index is 1.61. The highest BCUT2D eigenvalue weighted by atomic mass is 16.5. The van der Waals surface area contributed by atoms with Gasteiger partial charge in [-0.15, -0.1) is 0 Å². The Bertz CT molecular complexity index is 1110. The number of rotatable bonds is 19. The first kappa shape index (κ1) is 36.6. The molecule has 13 heteroatoms. The molecule has 4 aliphatic carbocycles. The van der Waals surface area contributed by atoms with Crippen LogP contribution in [0.5, 0.6) is 0 Å². The number of aliphatic hydroxyl groups is 1. The van der Waals surface area contributed by atoms with Crippen molar-refractivity contribution in [3.63, 3.8) is 0 Å². The van der Waals surface area contributed by atoms with E-state index < -0.39 is 0 Å². The van der Waals surface area contributed by atoms with E-state index in [1.54, 1.807) is 0 Å². The van der Waals surface area contributed by atoms with Gasteiger partial charge in [0.05, 0.1) is 18.3 Å². The molecule has 0 aromatic rings. The maximum absolute atomic E-state index is 9.63. The molecule has 0 unspecified atom stereocenters. The molecule has 0 aromatic heterocycles. The van der Waals surface area contributed by atoms with Crippen LogP contribution in [0.2, 0.25) is 0 Å². The van der Waals surface area contributed by atoms with Gasteiger partial charge in [0.25, 0.3) is 0 Å². The summed E-state index contributed by atoms with van der Waals surface area (Å²) in [6.07, 6.45) is 12.0. The molecule has 46 heavy (non-hydrogen) atoms. The van der Waals surface area contributed by atoms with Crippen molar-refractivity contribution in [3.8, 4) is 0 Å². The second-order valence-electron chi connectivity index (χ2n) is 14.8. The van der Waals surface area contributed by atoms with E-state index in [0.717, 1.165) is 64.2 Å². The van der Waals surface area contributed by atoms with E-state index in [2.05, 4.69) is 50.8 Å². The van der Waals surface area contributed by atoms with Gasteiger partial charge in [0.15, 0.2) is 0 Å². The van der Waals surface area contributed by atoms with Crippen molar-refractivity contribution in [1.29, 1.82) is 0 Å². The molecular weight excluding hydrogens is 586 g/mol. The molecule has 0 saturated heterocycles. The fourth-order valence-electron chi connectivity index (χ4n) is 10.5. The molecule has 4 fully saturated rings. The first-order chi connectivity index (χ1) is 22.3. The second kappa shape index (κ2) is 17.8. The molecule has 0 radical (unpaired) electrons. The van der Waals surface area contributed by atoms with Crippen LogP contribution in [0.1, 0.15) is 97.8 Å². The predicted octanol–water partition coefficient (Wildman–Crippen LogP) is 8.53. The van der Waals surface area contributed by atoms with Crippen LogP contribution < -0.4 is 0 Å². The van der Waals surface area contributed by atoms with Crippen molar-refractivity contribution in [2.75, 3.05) is 46.1 Å². The summed E-state index contributed by atoms with van der Waals surface area (Å²) >= 11 is 0. The van der Waals surface area contributed by atoms with E-state index in [9.17, 15) is 5.11 Å². The monoisotopic (exact) mass is 643 g/mol. The number of nitrogens with zero attached hydrogens (tertiary/aromatic N) is 9. The van der Waals surface area contributed by atoms with Crippen molar-refractivity contribution in [3.05, 3.63) is 31.3 Å². The molecule has 0 spiro atoms. The highest BCUT2D eigenvalue weighted by molar-refractivity contribution is 5.15. The molecule has 4 rings (SSSR count). The van der Waals surface area contributed by atoms with Crippen LogP contribution in [-0.4, -0.2) is 69.5 Å². The average molecular weight is 644 g/mol. The molecule has 4 saturated carbocycles. The summed E-state index contributed by atoms with van der Waals surface area (Å²) in [5.41, 5.74) is 26.3. The van der Waals surface area contributed by atoms with Crippen molar-refractivity contribution < 1.29 is 19.3 Å². The molecular formula is C33H57N9O4. The van der Waals surface area contributed by atoms with E-state index >= 15 is 0 Å². The number of aliphatic hydroxyl groups excluding tert-OH is 1. The topological polar surface area (TPSA) is 194 Å². The maximum Gasteiger partial charge on any atom is 0.0637 e. The molecule has 4 aliphatic rings. The Morgan fingerprint density at radius 3 is 2.04 bits per heavy atom. The molecule has 258 valence electrons. The van der Waals surface area contributed by atoms with Crippen molar-refractivity contribution in [1.82, 2.24) is 0 Å². The standard InChI is InChI=1S/C33H57N9O4/c1-23(8-4-16-43)26-9-10-27-31-28(22-30(33(26,27)3)46-19-7-15-39-42-36)32(2)12-11-25(44-17-5-13-37-40-34)20-24(32)21-29(31)45-18-6-14-38-41-35/h23-31,43H,4-22H2,1-3H3/t23-,24+,25+,26-,27+,28+,29-,30+,31+,32+,33-/m1/s1. The summed E-state index contributed by atoms with van der Waals surface area (Å²) in [5, 5.41) is 20.8. The third kappa shape index (κ3) is 8.24. The summed E-state index contributed by atoms with van der Waals surface area (Å²) in [5.74, 6) is 2.86. The van der Waals surface area contributed by atoms with Gasteiger partial charge in [-0.1, -0.05) is 36.1 Å². The number of hydrogen-bond acceptors (Lipinski definition) is 7. The molecule has 0 aromatic carbocycles. The second-order valence-corrected chi connectivity index (χ2v) is 14.8. The zero-order chi connectivity index (χ0) is 33.0. The van der Waals surface area contributed by atoms with Crippen molar-refractivity contribution >= 4 is 0 Å². The smallest absolute Gasteiger partial charge is 0.0637 e. The third-order valence-electron chi connectivity index (χ3n) is 12.7. The molecule has 0 heterocycles. The Labute approximate surface area is 274 Å². The summed E-state index contributed by atoms with van der Waals surface area (Å²) < 4.78 is 20.1. The molecule has 11 atom stereocenters. The number of ether oxygens (including phenoxy) is 3. The largest absolute Gasteiger partial charge is 0.396 e. The van der Waals surface area contributed by atoms with E-state index in [1.165, 1.54) is 12.8 Å². The summed E-state index contributed by atoms with van der Waals surface area (Å²) in [4.78, 5) is 8.71. The molecule has 0 bridgehead atoms. The van der Waals surface area contributed by atoms with Gasteiger partial charge >= 0.3 is 0 Å². The van der Waals surface area contributed by atoms with E-state index in [0.29, 0.717) is 75.0 Å². The highest BCUT2D eigenvalue weighted by Crippen LogP contribution is 2.69. The molecule has 13 nitrogen and oxygen atoms in total. The lowest BCUT2D eigenvalue weighted by Gasteiger charge is -2.65. The van der Waals surface area contributed by atoms with Gasteiger partial charge in [0, 0.05) is 66.2 Å². The average Bonchev–Trinajstić information content (AvgIpc) is 3.41.